The van der Waals surface area contributed by atoms with E-state index in [0.717, 1.165) is 6.54 Å². The van der Waals surface area contributed by atoms with Crippen LogP contribution in [-0.2, 0) is 0 Å². The molecule has 0 fully saturated rings. The number of anilines is 1. The van der Waals surface area contributed by atoms with Crippen LogP contribution in [0.15, 0.2) is 18.2 Å². The van der Waals surface area contributed by atoms with Gasteiger partial charge < -0.3 is 15.3 Å². The van der Waals surface area contributed by atoms with Gasteiger partial charge in [0, 0.05) is 13.1 Å². The van der Waals surface area contributed by atoms with Crippen LogP contribution in [0.4, 0.5) is 5.69 Å². The van der Waals surface area contributed by atoms with Crippen LogP contribution in [0.5, 0.6) is 0 Å². The third-order valence-electron chi connectivity index (χ3n) is 2.10. The number of halogens is 1. The van der Waals surface area contributed by atoms with Crippen LogP contribution in [0.1, 0.15) is 10.4 Å². The maximum absolute atomic E-state index is 11.0. The molecule has 0 aromatic heterocycles. The molecule has 16 heavy (non-hydrogen) atoms. The number of nitrogens with one attached hydrogen (secondary N) is 1. The molecule has 0 aliphatic heterocycles. The first kappa shape index (κ1) is 12.8. The van der Waals surface area contributed by atoms with Crippen LogP contribution in [0.25, 0.3) is 0 Å². The molecular weight excluding hydrogens is 228 g/mol. The smallest absolute Gasteiger partial charge is 0.339 e. The molecule has 0 spiro atoms. The van der Waals surface area contributed by atoms with Crippen LogP contribution in [-0.4, -0.2) is 43.2 Å². The lowest BCUT2D eigenvalue weighted by atomic mass is 10.2. The fourth-order valence-corrected chi connectivity index (χ4v) is 1.56. The number of hydrogen-bond acceptors (Lipinski definition) is 3. The van der Waals surface area contributed by atoms with E-state index in [1.54, 1.807) is 18.2 Å². The second kappa shape index (κ2) is 5.72. The van der Waals surface area contributed by atoms with Crippen molar-refractivity contribution in [3.8, 4) is 0 Å². The minimum Gasteiger partial charge on any atom is -0.478 e. The maximum atomic E-state index is 11.0. The molecule has 1 aromatic rings. The molecule has 0 aliphatic carbocycles. The predicted molar refractivity (Wildman–Crippen MR) is 65.5 cm³/mol. The van der Waals surface area contributed by atoms with Gasteiger partial charge in [0.25, 0.3) is 0 Å². The standard InChI is InChI=1S/C11H15ClN2O2/c1-14(2)7-6-13-9-5-3-4-8(12)10(9)11(15)16/h3-5,13H,6-7H2,1-2H3,(H,15,16). The number of benzene rings is 1. The average Bonchev–Trinajstić information content (AvgIpc) is 2.16. The lowest BCUT2D eigenvalue weighted by molar-refractivity contribution is 0.0698. The van der Waals surface area contributed by atoms with Crippen molar-refractivity contribution in [2.45, 2.75) is 0 Å². The van der Waals surface area contributed by atoms with Crippen LogP contribution in [0.3, 0.4) is 0 Å². The molecule has 88 valence electrons. The highest BCUT2D eigenvalue weighted by molar-refractivity contribution is 6.34. The number of rotatable bonds is 5. The normalized spacial score (nSPS) is 10.5. The Morgan fingerprint density at radius 3 is 2.75 bits per heavy atom. The lowest BCUT2D eigenvalue weighted by Crippen LogP contribution is -2.21. The van der Waals surface area contributed by atoms with Crippen LogP contribution >= 0.6 is 11.6 Å². The molecule has 5 heteroatoms. The Morgan fingerprint density at radius 1 is 1.50 bits per heavy atom. The first-order valence-electron chi connectivity index (χ1n) is 4.92. The summed E-state index contributed by atoms with van der Waals surface area (Å²) in [6.45, 7) is 1.50. The second-order valence-corrected chi connectivity index (χ2v) is 4.10. The Bertz CT molecular complexity index is 380. The number of carbonyl (C=O) groups is 1. The molecule has 0 heterocycles. The average molecular weight is 243 g/mol. The van der Waals surface area contributed by atoms with Gasteiger partial charge in [-0.15, -0.1) is 0 Å². The van der Waals surface area contributed by atoms with Gasteiger partial charge in [-0.2, -0.15) is 0 Å². The molecule has 0 saturated heterocycles. The second-order valence-electron chi connectivity index (χ2n) is 3.70. The summed E-state index contributed by atoms with van der Waals surface area (Å²) in [5, 5.41) is 12.3. The van der Waals surface area contributed by atoms with Gasteiger partial charge in [-0.1, -0.05) is 17.7 Å². The van der Waals surface area contributed by atoms with E-state index in [2.05, 4.69) is 5.32 Å². The van der Waals surface area contributed by atoms with E-state index in [1.165, 1.54) is 0 Å². The first-order valence-corrected chi connectivity index (χ1v) is 5.30. The number of carboxylic acids is 1. The summed E-state index contributed by atoms with van der Waals surface area (Å²) in [5.74, 6) is -1.02. The summed E-state index contributed by atoms with van der Waals surface area (Å²) in [5.41, 5.74) is 0.685. The monoisotopic (exact) mass is 242 g/mol. The van der Waals surface area contributed by atoms with Crippen molar-refractivity contribution in [3.63, 3.8) is 0 Å². The van der Waals surface area contributed by atoms with Crippen LogP contribution < -0.4 is 5.32 Å². The zero-order valence-electron chi connectivity index (χ0n) is 9.33. The van der Waals surface area contributed by atoms with E-state index in [-0.39, 0.29) is 10.6 Å². The Balaban J connectivity index is 2.79. The van der Waals surface area contributed by atoms with Gasteiger partial charge in [0.2, 0.25) is 0 Å². The summed E-state index contributed by atoms with van der Waals surface area (Å²) in [4.78, 5) is 13.0. The van der Waals surface area contributed by atoms with E-state index in [9.17, 15) is 4.79 Å². The predicted octanol–water partition coefficient (Wildman–Crippen LogP) is 2.01. The molecule has 4 nitrogen and oxygen atoms in total. The minimum atomic E-state index is -1.02. The van der Waals surface area contributed by atoms with Crippen molar-refractivity contribution < 1.29 is 9.90 Å². The molecule has 0 bridgehead atoms. The van der Waals surface area contributed by atoms with Gasteiger partial charge in [-0.05, 0) is 26.2 Å². The zero-order chi connectivity index (χ0) is 12.1. The SMILES string of the molecule is CN(C)CCNc1cccc(Cl)c1C(=O)O. The molecule has 1 rings (SSSR count). The van der Waals surface area contributed by atoms with Crippen molar-refractivity contribution in [3.05, 3.63) is 28.8 Å². The van der Waals surface area contributed by atoms with Crippen LogP contribution in [0.2, 0.25) is 5.02 Å². The molecular formula is C11H15ClN2O2. The lowest BCUT2D eigenvalue weighted by Gasteiger charge is -2.13. The van der Waals surface area contributed by atoms with E-state index in [0.29, 0.717) is 12.2 Å². The fraction of sp³-hybridized carbons (Fsp3) is 0.364. The van der Waals surface area contributed by atoms with E-state index in [1.807, 2.05) is 19.0 Å². The maximum Gasteiger partial charge on any atom is 0.339 e. The summed E-state index contributed by atoms with van der Waals surface area (Å²) >= 11 is 5.83. The molecule has 0 atom stereocenters. The molecule has 2 N–H and O–H groups in total. The quantitative estimate of drug-likeness (QED) is 0.830. The number of likely N-dealkylation sites (N-methyl/N-ethyl adjacent to an activating group) is 1. The van der Waals surface area contributed by atoms with E-state index >= 15 is 0 Å². The van der Waals surface area contributed by atoms with Gasteiger partial charge >= 0.3 is 5.97 Å². The first-order chi connectivity index (χ1) is 7.52. The molecule has 0 unspecified atom stereocenters. The van der Waals surface area contributed by atoms with Gasteiger partial charge in [0.05, 0.1) is 10.7 Å². The molecule has 0 aliphatic rings. The van der Waals surface area contributed by atoms with Gasteiger partial charge in [-0.3, -0.25) is 0 Å². The molecule has 1 aromatic carbocycles. The fourth-order valence-electron chi connectivity index (χ4n) is 1.30. The van der Waals surface area contributed by atoms with Gasteiger partial charge in [-0.25, -0.2) is 4.79 Å². The van der Waals surface area contributed by atoms with Gasteiger partial charge in [0.1, 0.15) is 5.56 Å². The highest BCUT2D eigenvalue weighted by Crippen LogP contribution is 2.23. The Morgan fingerprint density at radius 2 is 2.19 bits per heavy atom. The minimum absolute atomic E-state index is 0.128. The van der Waals surface area contributed by atoms with Crippen molar-refractivity contribution in [1.82, 2.24) is 4.90 Å². The molecule has 0 amide bonds. The van der Waals surface area contributed by atoms with Crippen molar-refractivity contribution in [1.29, 1.82) is 0 Å². The summed E-state index contributed by atoms with van der Waals surface area (Å²) in [6.07, 6.45) is 0. The van der Waals surface area contributed by atoms with Crippen molar-refractivity contribution in [2.24, 2.45) is 0 Å². The summed E-state index contributed by atoms with van der Waals surface area (Å²) in [6, 6.07) is 5.01. The Labute approximate surface area is 99.8 Å². The number of nitrogens with zero attached hydrogens (tertiary/aromatic N) is 1. The van der Waals surface area contributed by atoms with Crippen molar-refractivity contribution in [2.75, 3.05) is 32.5 Å². The summed E-state index contributed by atoms with van der Waals surface area (Å²) < 4.78 is 0. The van der Waals surface area contributed by atoms with Gasteiger partial charge in [0.15, 0.2) is 0 Å². The highest BCUT2D eigenvalue weighted by Gasteiger charge is 2.13. The van der Waals surface area contributed by atoms with Crippen LogP contribution in [0, 0.1) is 0 Å². The van der Waals surface area contributed by atoms with E-state index < -0.39 is 5.97 Å². The van der Waals surface area contributed by atoms with Crippen molar-refractivity contribution >= 4 is 23.3 Å². The third kappa shape index (κ3) is 3.40. The van der Waals surface area contributed by atoms with E-state index in [4.69, 9.17) is 16.7 Å². The zero-order valence-corrected chi connectivity index (χ0v) is 10.1. The molecule has 0 saturated carbocycles. The largest absolute Gasteiger partial charge is 0.478 e. The number of carboxylic acid groups (broad SMARTS) is 1. The third-order valence-corrected chi connectivity index (χ3v) is 2.42. The molecule has 0 radical (unpaired) electrons. The topological polar surface area (TPSA) is 52.6 Å². The number of aromatic carboxylic acids is 1. The highest BCUT2D eigenvalue weighted by atomic mass is 35.5. The Hall–Kier alpha value is -1.26. The Kier molecular flexibility index (Phi) is 4.58. The number of hydrogen-bond donors (Lipinski definition) is 2. The summed E-state index contributed by atoms with van der Waals surface area (Å²) in [7, 11) is 3.91.